The van der Waals surface area contributed by atoms with Gasteiger partial charge < -0.3 is 5.32 Å². The molecule has 25 heavy (non-hydrogen) atoms. The summed E-state index contributed by atoms with van der Waals surface area (Å²) in [6.45, 7) is 1.47. The molecule has 1 heterocycles. The van der Waals surface area contributed by atoms with Gasteiger partial charge in [-0.25, -0.2) is 0 Å². The Morgan fingerprint density at radius 3 is 2.84 bits per heavy atom. The van der Waals surface area contributed by atoms with Gasteiger partial charge in [0.15, 0.2) is 5.16 Å². The highest BCUT2D eigenvalue weighted by Crippen LogP contribution is 2.29. The lowest BCUT2D eigenvalue weighted by Crippen LogP contribution is -2.06. The number of aromatic nitrogens is 3. The zero-order valence-corrected chi connectivity index (χ0v) is 15.6. The van der Waals surface area contributed by atoms with E-state index in [1.807, 2.05) is 41.0 Å². The SMILES string of the molecule is CC(=O)Nc1cccc(-n2cnnc2SCc2ccc(Cl)cc2Cl)c1. The number of carbonyl (C=O) groups is 1. The smallest absolute Gasteiger partial charge is 0.221 e. The zero-order valence-electron chi connectivity index (χ0n) is 13.2. The second-order valence-electron chi connectivity index (χ2n) is 5.24. The summed E-state index contributed by atoms with van der Waals surface area (Å²) in [4.78, 5) is 11.2. The molecule has 0 spiro atoms. The van der Waals surface area contributed by atoms with Crippen molar-refractivity contribution < 1.29 is 4.79 Å². The Labute approximate surface area is 159 Å². The minimum Gasteiger partial charge on any atom is -0.326 e. The molecular weight excluding hydrogens is 379 g/mol. The van der Waals surface area contributed by atoms with Crippen molar-refractivity contribution >= 4 is 46.6 Å². The first-order valence-corrected chi connectivity index (χ1v) is 9.12. The Balaban J connectivity index is 1.80. The van der Waals surface area contributed by atoms with Crippen molar-refractivity contribution in [1.29, 1.82) is 0 Å². The van der Waals surface area contributed by atoms with E-state index in [-0.39, 0.29) is 5.91 Å². The molecule has 0 fully saturated rings. The lowest BCUT2D eigenvalue weighted by molar-refractivity contribution is -0.114. The van der Waals surface area contributed by atoms with Gasteiger partial charge in [0.1, 0.15) is 6.33 Å². The fourth-order valence-electron chi connectivity index (χ4n) is 2.22. The van der Waals surface area contributed by atoms with Crippen molar-refractivity contribution in [3.63, 3.8) is 0 Å². The number of nitrogens with one attached hydrogen (secondary N) is 1. The Hall–Kier alpha value is -2.02. The fraction of sp³-hybridized carbons (Fsp3) is 0.118. The molecule has 2 aromatic carbocycles. The van der Waals surface area contributed by atoms with Crippen molar-refractivity contribution in [2.75, 3.05) is 5.32 Å². The first-order valence-electron chi connectivity index (χ1n) is 7.38. The maximum Gasteiger partial charge on any atom is 0.221 e. The van der Waals surface area contributed by atoms with Gasteiger partial charge in [0.2, 0.25) is 5.91 Å². The number of hydrogen-bond acceptors (Lipinski definition) is 4. The topological polar surface area (TPSA) is 59.8 Å². The molecular formula is C17H14Cl2N4OS. The van der Waals surface area contributed by atoms with Crippen LogP contribution in [0.2, 0.25) is 10.0 Å². The quantitative estimate of drug-likeness (QED) is 0.631. The Morgan fingerprint density at radius 1 is 1.24 bits per heavy atom. The maximum absolute atomic E-state index is 11.2. The summed E-state index contributed by atoms with van der Waals surface area (Å²) >= 11 is 13.7. The highest BCUT2D eigenvalue weighted by Gasteiger charge is 2.10. The highest BCUT2D eigenvalue weighted by atomic mass is 35.5. The van der Waals surface area contributed by atoms with E-state index >= 15 is 0 Å². The standard InChI is InChI=1S/C17H14Cl2N4OS/c1-11(24)21-14-3-2-4-15(8-14)23-10-20-22-17(23)25-9-12-5-6-13(18)7-16(12)19/h2-8,10H,9H2,1H3,(H,21,24). The van der Waals surface area contributed by atoms with Gasteiger partial charge >= 0.3 is 0 Å². The molecule has 0 aliphatic heterocycles. The van der Waals surface area contributed by atoms with Crippen LogP contribution in [0.25, 0.3) is 5.69 Å². The van der Waals surface area contributed by atoms with E-state index in [0.717, 1.165) is 22.1 Å². The molecule has 0 aliphatic rings. The predicted molar refractivity (Wildman–Crippen MR) is 102 cm³/mol. The van der Waals surface area contributed by atoms with Gasteiger partial charge in [0.05, 0.1) is 5.69 Å². The molecule has 8 heteroatoms. The summed E-state index contributed by atoms with van der Waals surface area (Å²) in [5, 5.41) is 12.9. The largest absolute Gasteiger partial charge is 0.326 e. The van der Waals surface area contributed by atoms with E-state index in [9.17, 15) is 4.79 Å². The average molecular weight is 393 g/mol. The van der Waals surface area contributed by atoms with Crippen molar-refractivity contribution in [3.8, 4) is 5.69 Å². The van der Waals surface area contributed by atoms with Gasteiger partial charge in [-0.05, 0) is 35.9 Å². The molecule has 5 nitrogen and oxygen atoms in total. The summed E-state index contributed by atoms with van der Waals surface area (Å²) in [7, 11) is 0. The summed E-state index contributed by atoms with van der Waals surface area (Å²) in [6, 6.07) is 12.9. The van der Waals surface area contributed by atoms with E-state index in [4.69, 9.17) is 23.2 Å². The van der Waals surface area contributed by atoms with Gasteiger partial charge in [0, 0.05) is 28.4 Å². The third kappa shape index (κ3) is 4.54. The minimum atomic E-state index is -0.118. The molecule has 0 bridgehead atoms. The summed E-state index contributed by atoms with van der Waals surface area (Å²) < 4.78 is 1.86. The number of amides is 1. The molecule has 0 saturated carbocycles. The van der Waals surface area contributed by atoms with E-state index in [1.165, 1.54) is 18.7 Å². The van der Waals surface area contributed by atoms with Crippen molar-refractivity contribution in [3.05, 3.63) is 64.4 Å². The van der Waals surface area contributed by atoms with Crippen LogP contribution < -0.4 is 5.32 Å². The maximum atomic E-state index is 11.2. The van der Waals surface area contributed by atoms with Crippen LogP contribution in [0.4, 0.5) is 5.69 Å². The van der Waals surface area contributed by atoms with Gasteiger partial charge in [-0.15, -0.1) is 10.2 Å². The number of anilines is 1. The van der Waals surface area contributed by atoms with Crippen LogP contribution in [-0.4, -0.2) is 20.7 Å². The lowest BCUT2D eigenvalue weighted by Gasteiger charge is -2.09. The van der Waals surface area contributed by atoms with Gasteiger partial charge in [-0.1, -0.05) is 47.1 Å². The molecule has 3 rings (SSSR count). The van der Waals surface area contributed by atoms with Crippen LogP contribution in [0.1, 0.15) is 12.5 Å². The number of halogens is 2. The van der Waals surface area contributed by atoms with Crippen LogP contribution in [0.3, 0.4) is 0 Å². The van der Waals surface area contributed by atoms with Crippen LogP contribution in [0.15, 0.2) is 53.9 Å². The number of carbonyl (C=O) groups excluding carboxylic acids is 1. The molecule has 1 N–H and O–H groups in total. The van der Waals surface area contributed by atoms with E-state index in [2.05, 4.69) is 15.5 Å². The van der Waals surface area contributed by atoms with Crippen molar-refractivity contribution in [2.24, 2.45) is 0 Å². The Kier molecular flexibility index (Phi) is 5.63. The normalized spacial score (nSPS) is 10.7. The van der Waals surface area contributed by atoms with Gasteiger partial charge in [-0.2, -0.15) is 0 Å². The van der Waals surface area contributed by atoms with Crippen LogP contribution >= 0.6 is 35.0 Å². The van der Waals surface area contributed by atoms with E-state index in [1.54, 1.807) is 12.4 Å². The number of rotatable bonds is 5. The minimum absolute atomic E-state index is 0.118. The fourth-order valence-corrected chi connectivity index (χ4v) is 3.71. The van der Waals surface area contributed by atoms with Crippen molar-refractivity contribution in [2.45, 2.75) is 17.8 Å². The van der Waals surface area contributed by atoms with Gasteiger partial charge in [0.25, 0.3) is 0 Å². The summed E-state index contributed by atoms with van der Waals surface area (Å²) in [5.74, 6) is 0.521. The molecule has 0 aliphatic carbocycles. The molecule has 0 saturated heterocycles. The molecule has 0 unspecified atom stereocenters. The molecule has 0 radical (unpaired) electrons. The predicted octanol–water partition coefficient (Wildman–Crippen LogP) is 4.82. The van der Waals surface area contributed by atoms with Crippen LogP contribution in [-0.2, 0) is 10.5 Å². The second kappa shape index (κ2) is 7.91. The highest BCUT2D eigenvalue weighted by molar-refractivity contribution is 7.98. The first-order chi connectivity index (χ1) is 12.0. The summed E-state index contributed by atoms with van der Waals surface area (Å²) in [6.07, 6.45) is 1.64. The van der Waals surface area contributed by atoms with Crippen LogP contribution in [0.5, 0.6) is 0 Å². The van der Waals surface area contributed by atoms with E-state index < -0.39 is 0 Å². The zero-order chi connectivity index (χ0) is 17.8. The van der Waals surface area contributed by atoms with Crippen molar-refractivity contribution in [1.82, 2.24) is 14.8 Å². The third-order valence-electron chi connectivity index (χ3n) is 3.33. The first kappa shape index (κ1) is 17.8. The Bertz CT molecular complexity index is 913. The van der Waals surface area contributed by atoms with Gasteiger partial charge in [-0.3, -0.25) is 9.36 Å². The summed E-state index contributed by atoms with van der Waals surface area (Å²) in [5.41, 5.74) is 2.55. The molecule has 1 aromatic heterocycles. The number of benzene rings is 2. The number of thioether (sulfide) groups is 1. The average Bonchev–Trinajstić information content (AvgIpc) is 3.02. The Morgan fingerprint density at radius 2 is 2.08 bits per heavy atom. The third-order valence-corrected chi connectivity index (χ3v) is 4.91. The molecule has 1 amide bonds. The molecule has 0 atom stereocenters. The van der Waals surface area contributed by atoms with E-state index in [0.29, 0.717) is 15.8 Å². The number of hydrogen-bond donors (Lipinski definition) is 1. The second-order valence-corrected chi connectivity index (χ2v) is 7.03. The number of nitrogens with zero attached hydrogens (tertiary/aromatic N) is 3. The molecule has 128 valence electrons. The monoisotopic (exact) mass is 392 g/mol. The van der Waals surface area contributed by atoms with Crippen LogP contribution in [0, 0.1) is 0 Å². The lowest BCUT2D eigenvalue weighted by atomic mass is 10.2. The molecule has 3 aromatic rings.